The molecule has 0 aromatic heterocycles. The summed E-state index contributed by atoms with van der Waals surface area (Å²) in [5.74, 6) is 0.0577. The van der Waals surface area contributed by atoms with Crippen LogP contribution >= 0.6 is 0 Å². The zero-order valence-electron chi connectivity index (χ0n) is 11.5. The Balaban J connectivity index is 2.15. The van der Waals surface area contributed by atoms with Crippen molar-refractivity contribution in [1.29, 1.82) is 0 Å². The summed E-state index contributed by atoms with van der Waals surface area (Å²) in [7, 11) is 0. The lowest BCUT2D eigenvalue weighted by molar-refractivity contribution is -0.117. The number of benzene rings is 1. The molecule has 102 valence electrons. The lowest BCUT2D eigenvalue weighted by Crippen LogP contribution is -2.32. The quantitative estimate of drug-likeness (QED) is 0.903. The number of carbonyl (C=O) groups is 2. The normalized spacial score (nSPS) is 16.5. The lowest BCUT2D eigenvalue weighted by atomic mass is 10.1. The molecule has 19 heavy (non-hydrogen) atoms. The Morgan fingerprint density at radius 3 is 2.89 bits per heavy atom. The fourth-order valence-electron chi connectivity index (χ4n) is 2.15. The molecule has 0 bridgehead atoms. The van der Waals surface area contributed by atoms with Crippen molar-refractivity contribution in [2.24, 2.45) is 0 Å². The first-order valence-electron chi connectivity index (χ1n) is 6.83. The van der Waals surface area contributed by atoms with Crippen LogP contribution in [-0.2, 0) is 4.79 Å². The van der Waals surface area contributed by atoms with Crippen LogP contribution in [0.2, 0.25) is 0 Å². The van der Waals surface area contributed by atoms with Crippen LogP contribution in [0, 0.1) is 0 Å². The van der Waals surface area contributed by atoms with E-state index < -0.39 is 0 Å². The predicted molar refractivity (Wildman–Crippen MR) is 75.2 cm³/mol. The first-order valence-corrected chi connectivity index (χ1v) is 6.83. The number of rotatable bonds is 4. The van der Waals surface area contributed by atoms with E-state index in [1.54, 1.807) is 17.0 Å². The summed E-state index contributed by atoms with van der Waals surface area (Å²) in [6.45, 7) is 4.76. The van der Waals surface area contributed by atoms with Gasteiger partial charge in [0.2, 0.25) is 5.91 Å². The van der Waals surface area contributed by atoms with Gasteiger partial charge in [0.25, 0.3) is 5.91 Å². The molecule has 2 rings (SSSR count). The second-order valence-electron chi connectivity index (χ2n) is 4.98. The number of nitrogens with one attached hydrogen (secondary N) is 1. The first-order chi connectivity index (χ1) is 9.11. The highest BCUT2D eigenvalue weighted by Gasteiger charge is 2.22. The van der Waals surface area contributed by atoms with E-state index in [0.29, 0.717) is 12.0 Å². The highest BCUT2D eigenvalue weighted by atomic mass is 16.2. The fourth-order valence-corrected chi connectivity index (χ4v) is 2.15. The van der Waals surface area contributed by atoms with Crippen molar-refractivity contribution in [3.05, 3.63) is 29.8 Å². The molecule has 1 N–H and O–H groups in total. The zero-order chi connectivity index (χ0) is 13.8. The van der Waals surface area contributed by atoms with E-state index in [0.717, 1.165) is 25.1 Å². The van der Waals surface area contributed by atoms with Gasteiger partial charge in [-0.2, -0.15) is 0 Å². The summed E-state index contributed by atoms with van der Waals surface area (Å²) in [4.78, 5) is 25.5. The molecule has 4 heteroatoms. The molecular weight excluding hydrogens is 240 g/mol. The van der Waals surface area contributed by atoms with E-state index >= 15 is 0 Å². The molecule has 1 aliphatic rings. The van der Waals surface area contributed by atoms with Crippen LogP contribution < -0.4 is 10.2 Å². The van der Waals surface area contributed by atoms with Gasteiger partial charge in [0.05, 0.1) is 0 Å². The molecule has 1 heterocycles. The van der Waals surface area contributed by atoms with Crippen molar-refractivity contribution >= 4 is 17.5 Å². The third-order valence-electron chi connectivity index (χ3n) is 3.48. The van der Waals surface area contributed by atoms with Crippen LogP contribution in [0.5, 0.6) is 0 Å². The van der Waals surface area contributed by atoms with Crippen molar-refractivity contribution in [2.75, 3.05) is 11.4 Å². The van der Waals surface area contributed by atoms with Crippen molar-refractivity contribution in [3.8, 4) is 0 Å². The van der Waals surface area contributed by atoms with Crippen LogP contribution in [-0.4, -0.2) is 24.4 Å². The predicted octanol–water partition coefficient (Wildman–Crippen LogP) is 2.34. The van der Waals surface area contributed by atoms with E-state index in [-0.39, 0.29) is 17.9 Å². The van der Waals surface area contributed by atoms with Gasteiger partial charge >= 0.3 is 0 Å². The summed E-state index contributed by atoms with van der Waals surface area (Å²) in [5, 5.41) is 2.93. The molecule has 4 nitrogen and oxygen atoms in total. The smallest absolute Gasteiger partial charge is 0.251 e. The Morgan fingerprint density at radius 1 is 1.47 bits per heavy atom. The van der Waals surface area contributed by atoms with Crippen molar-refractivity contribution in [3.63, 3.8) is 0 Å². The molecule has 2 amide bonds. The second kappa shape index (κ2) is 5.87. The molecule has 1 fully saturated rings. The standard InChI is InChI=1S/C15H20N2O2/c1-3-11(2)16-15(19)12-6-4-7-13(10-12)17-9-5-8-14(17)18/h4,6-7,10-11H,3,5,8-9H2,1-2H3,(H,16,19)/t11-/m1/s1. The molecule has 1 saturated heterocycles. The average Bonchev–Trinajstić information content (AvgIpc) is 2.85. The van der Waals surface area contributed by atoms with Crippen LogP contribution in [0.15, 0.2) is 24.3 Å². The summed E-state index contributed by atoms with van der Waals surface area (Å²) in [6, 6.07) is 7.43. The number of hydrogen-bond acceptors (Lipinski definition) is 2. The summed E-state index contributed by atoms with van der Waals surface area (Å²) in [5.41, 5.74) is 1.43. The van der Waals surface area contributed by atoms with Gasteiger partial charge in [0, 0.05) is 30.3 Å². The van der Waals surface area contributed by atoms with Crippen molar-refractivity contribution < 1.29 is 9.59 Å². The van der Waals surface area contributed by atoms with Crippen LogP contribution in [0.4, 0.5) is 5.69 Å². The minimum Gasteiger partial charge on any atom is -0.350 e. The van der Waals surface area contributed by atoms with Gasteiger partial charge < -0.3 is 10.2 Å². The number of amides is 2. The van der Waals surface area contributed by atoms with Gasteiger partial charge in [-0.1, -0.05) is 13.0 Å². The molecule has 0 unspecified atom stereocenters. The molecule has 1 aliphatic heterocycles. The third-order valence-corrected chi connectivity index (χ3v) is 3.48. The highest BCUT2D eigenvalue weighted by Crippen LogP contribution is 2.22. The van der Waals surface area contributed by atoms with E-state index in [9.17, 15) is 9.59 Å². The first kappa shape index (κ1) is 13.6. The average molecular weight is 260 g/mol. The van der Waals surface area contributed by atoms with Crippen LogP contribution in [0.1, 0.15) is 43.5 Å². The molecule has 0 aliphatic carbocycles. The topological polar surface area (TPSA) is 49.4 Å². The third kappa shape index (κ3) is 3.13. The Kier molecular flexibility index (Phi) is 4.20. The molecule has 0 saturated carbocycles. The van der Waals surface area contributed by atoms with E-state index in [1.807, 2.05) is 26.0 Å². The number of anilines is 1. The molecular formula is C15H20N2O2. The molecule has 1 aromatic carbocycles. The molecule has 0 radical (unpaired) electrons. The van der Waals surface area contributed by atoms with Crippen molar-refractivity contribution in [2.45, 2.75) is 39.2 Å². The maximum absolute atomic E-state index is 12.0. The van der Waals surface area contributed by atoms with Gasteiger partial charge in [-0.05, 0) is 38.0 Å². The van der Waals surface area contributed by atoms with Gasteiger partial charge in [-0.25, -0.2) is 0 Å². The maximum Gasteiger partial charge on any atom is 0.251 e. The fraction of sp³-hybridized carbons (Fsp3) is 0.467. The number of nitrogens with zero attached hydrogens (tertiary/aromatic N) is 1. The molecule has 1 aromatic rings. The van der Waals surface area contributed by atoms with E-state index in [4.69, 9.17) is 0 Å². The summed E-state index contributed by atoms with van der Waals surface area (Å²) in [6.07, 6.45) is 2.39. The molecule has 0 spiro atoms. The van der Waals surface area contributed by atoms with Crippen LogP contribution in [0.3, 0.4) is 0 Å². The lowest BCUT2D eigenvalue weighted by Gasteiger charge is -2.17. The number of hydrogen-bond donors (Lipinski definition) is 1. The second-order valence-corrected chi connectivity index (χ2v) is 4.98. The Hall–Kier alpha value is -1.84. The maximum atomic E-state index is 12.0. The number of carbonyl (C=O) groups excluding carboxylic acids is 2. The van der Waals surface area contributed by atoms with E-state index in [1.165, 1.54) is 0 Å². The summed E-state index contributed by atoms with van der Waals surface area (Å²) < 4.78 is 0. The van der Waals surface area contributed by atoms with E-state index in [2.05, 4.69) is 5.32 Å². The largest absolute Gasteiger partial charge is 0.350 e. The van der Waals surface area contributed by atoms with Crippen molar-refractivity contribution in [1.82, 2.24) is 5.32 Å². The van der Waals surface area contributed by atoms with Gasteiger partial charge in [0.15, 0.2) is 0 Å². The molecule has 1 atom stereocenters. The minimum atomic E-state index is -0.0807. The summed E-state index contributed by atoms with van der Waals surface area (Å²) >= 11 is 0. The van der Waals surface area contributed by atoms with Gasteiger partial charge in [-0.3, -0.25) is 9.59 Å². The SMILES string of the molecule is CC[C@@H](C)NC(=O)c1cccc(N2CCCC2=O)c1. The highest BCUT2D eigenvalue weighted by molar-refractivity contribution is 5.99. The van der Waals surface area contributed by atoms with Crippen LogP contribution in [0.25, 0.3) is 0 Å². The Bertz CT molecular complexity index is 485. The Morgan fingerprint density at radius 2 is 2.26 bits per heavy atom. The van der Waals surface area contributed by atoms with Gasteiger partial charge in [-0.15, -0.1) is 0 Å². The minimum absolute atomic E-state index is 0.0807. The van der Waals surface area contributed by atoms with Gasteiger partial charge in [0.1, 0.15) is 0 Å². The monoisotopic (exact) mass is 260 g/mol. The zero-order valence-corrected chi connectivity index (χ0v) is 11.5. The Labute approximate surface area is 113 Å².